The number of non-ortho nitro benzene ring substituents is 1. The average Bonchev–Trinajstić information content (AvgIpc) is 3.05. The molecule has 0 aliphatic carbocycles. The number of benzene rings is 1. The van der Waals surface area contributed by atoms with Crippen molar-refractivity contribution in [1.82, 2.24) is 0 Å². The molecule has 0 spiro atoms. The molecule has 0 bridgehead atoms. The van der Waals surface area contributed by atoms with Gasteiger partial charge in [0.15, 0.2) is 5.88 Å². The van der Waals surface area contributed by atoms with Gasteiger partial charge in [0.2, 0.25) is 0 Å². The molecule has 1 aromatic carbocycles. The zero-order valence-electron chi connectivity index (χ0n) is 12.3. The molecule has 0 radical (unpaired) electrons. The van der Waals surface area contributed by atoms with E-state index in [9.17, 15) is 10.1 Å². The van der Waals surface area contributed by atoms with Crippen molar-refractivity contribution in [3.05, 3.63) is 52.3 Å². The van der Waals surface area contributed by atoms with E-state index in [2.05, 4.69) is 15.4 Å². The van der Waals surface area contributed by atoms with E-state index in [1.807, 2.05) is 12.1 Å². The SMILES string of the molecule is O=[N+]([O-])c1ccc(N/N=C/c2ccc(N3CCOCC3)o2)cc1. The molecule has 1 fully saturated rings. The van der Waals surface area contributed by atoms with Crippen LogP contribution in [0.15, 0.2) is 45.9 Å². The number of anilines is 2. The molecule has 1 aliphatic rings. The summed E-state index contributed by atoms with van der Waals surface area (Å²) in [5.41, 5.74) is 3.50. The molecule has 0 saturated carbocycles. The Balaban J connectivity index is 1.57. The van der Waals surface area contributed by atoms with Gasteiger partial charge in [0.25, 0.3) is 5.69 Å². The van der Waals surface area contributed by atoms with Crippen molar-refractivity contribution in [2.75, 3.05) is 36.6 Å². The van der Waals surface area contributed by atoms with Crippen LogP contribution in [0, 0.1) is 10.1 Å². The third-order valence-corrected chi connectivity index (χ3v) is 3.40. The lowest BCUT2D eigenvalue weighted by atomic mass is 10.3. The fourth-order valence-electron chi connectivity index (χ4n) is 2.19. The first-order valence-corrected chi connectivity index (χ1v) is 7.18. The van der Waals surface area contributed by atoms with Crippen LogP contribution in [0.3, 0.4) is 0 Å². The van der Waals surface area contributed by atoms with Crippen LogP contribution >= 0.6 is 0 Å². The summed E-state index contributed by atoms with van der Waals surface area (Å²) in [5.74, 6) is 1.42. The lowest BCUT2D eigenvalue weighted by Gasteiger charge is -2.26. The summed E-state index contributed by atoms with van der Waals surface area (Å²) < 4.78 is 11.0. The van der Waals surface area contributed by atoms with Gasteiger partial charge in [-0.3, -0.25) is 15.5 Å². The van der Waals surface area contributed by atoms with Gasteiger partial charge >= 0.3 is 0 Å². The quantitative estimate of drug-likeness (QED) is 0.517. The molecule has 2 aromatic rings. The summed E-state index contributed by atoms with van der Waals surface area (Å²) in [6.07, 6.45) is 1.56. The van der Waals surface area contributed by atoms with Crippen LogP contribution in [-0.2, 0) is 4.74 Å². The van der Waals surface area contributed by atoms with Gasteiger partial charge in [0.05, 0.1) is 30.0 Å². The van der Waals surface area contributed by atoms with Crippen LogP contribution in [0.25, 0.3) is 0 Å². The topological polar surface area (TPSA) is 93.1 Å². The van der Waals surface area contributed by atoms with E-state index >= 15 is 0 Å². The van der Waals surface area contributed by atoms with Crippen molar-refractivity contribution in [3.63, 3.8) is 0 Å². The van der Waals surface area contributed by atoms with Crippen LogP contribution in [0.5, 0.6) is 0 Å². The van der Waals surface area contributed by atoms with Crippen LogP contribution < -0.4 is 10.3 Å². The Hall–Kier alpha value is -2.87. The Bertz CT molecular complexity index is 690. The van der Waals surface area contributed by atoms with Crippen LogP contribution in [0.1, 0.15) is 5.76 Å². The molecule has 2 heterocycles. The van der Waals surface area contributed by atoms with E-state index in [-0.39, 0.29) is 5.69 Å². The fraction of sp³-hybridized carbons (Fsp3) is 0.267. The van der Waals surface area contributed by atoms with E-state index in [1.54, 1.807) is 18.3 Å². The predicted octanol–water partition coefficient (Wildman–Crippen LogP) is 2.47. The van der Waals surface area contributed by atoms with Gasteiger partial charge in [0, 0.05) is 31.3 Å². The minimum atomic E-state index is -0.441. The summed E-state index contributed by atoms with van der Waals surface area (Å²) >= 11 is 0. The third kappa shape index (κ3) is 3.86. The fourth-order valence-corrected chi connectivity index (χ4v) is 2.19. The summed E-state index contributed by atoms with van der Waals surface area (Å²) in [7, 11) is 0. The monoisotopic (exact) mass is 316 g/mol. The number of hydrogen-bond acceptors (Lipinski definition) is 7. The molecular formula is C15H16N4O4. The number of nitro benzene ring substituents is 1. The van der Waals surface area contributed by atoms with Crippen molar-refractivity contribution >= 4 is 23.5 Å². The first-order chi connectivity index (χ1) is 11.2. The molecule has 8 heteroatoms. The highest BCUT2D eigenvalue weighted by Crippen LogP contribution is 2.19. The van der Waals surface area contributed by atoms with Gasteiger partial charge in [-0.2, -0.15) is 5.10 Å². The molecular weight excluding hydrogens is 300 g/mol. The lowest BCUT2D eigenvalue weighted by Crippen LogP contribution is -2.35. The maximum absolute atomic E-state index is 10.6. The Morgan fingerprint density at radius 1 is 1.17 bits per heavy atom. The Labute approximate surface area is 132 Å². The second kappa shape index (κ2) is 6.93. The summed E-state index contributed by atoms with van der Waals surface area (Å²) in [6.45, 7) is 3.02. The molecule has 120 valence electrons. The van der Waals surface area contributed by atoms with E-state index in [0.29, 0.717) is 24.7 Å². The van der Waals surface area contributed by atoms with Crippen molar-refractivity contribution in [2.45, 2.75) is 0 Å². The van der Waals surface area contributed by atoms with Crippen molar-refractivity contribution in [2.24, 2.45) is 5.10 Å². The highest BCUT2D eigenvalue weighted by Gasteiger charge is 2.14. The van der Waals surface area contributed by atoms with E-state index in [0.717, 1.165) is 19.0 Å². The number of furan rings is 1. The highest BCUT2D eigenvalue weighted by molar-refractivity contribution is 5.77. The van der Waals surface area contributed by atoms with Gasteiger partial charge in [0.1, 0.15) is 5.76 Å². The summed E-state index contributed by atoms with van der Waals surface area (Å²) in [6, 6.07) is 9.76. The lowest BCUT2D eigenvalue weighted by molar-refractivity contribution is -0.384. The first-order valence-electron chi connectivity index (χ1n) is 7.18. The molecule has 0 atom stereocenters. The maximum atomic E-state index is 10.6. The largest absolute Gasteiger partial charge is 0.440 e. The van der Waals surface area contributed by atoms with E-state index in [4.69, 9.17) is 9.15 Å². The Morgan fingerprint density at radius 3 is 2.61 bits per heavy atom. The zero-order chi connectivity index (χ0) is 16.1. The smallest absolute Gasteiger partial charge is 0.269 e. The Kier molecular flexibility index (Phi) is 4.53. The molecule has 1 saturated heterocycles. The van der Waals surface area contributed by atoms with Crippen LogP contribution in [0.2, 0.25) is 0 Å². The number of nitro groups is 1. The molecule has 0 unspecified atom stereocenters. The number of hydrogen-bond donors (Lipinski definition) is 1. The number of nitrogens with zero attached hydrogens (tertiary/aromatic N) is 3. The molecule has 1 aliphatic heterocycles. The number of rotatable bonds is 5. The van der Waals surface area contributed by atoms with Crippen molar-refractivity contribution in [1.29, 1.82) is 0 Å². The summed E-state index contributed by atoms with van der Waals surface area (Å²) in [5, 5.41) is 14.6. The van der Waals surface area contributed by atoms with Gasteiger partial charge in [-0.1, -0.05) is 0 Å². The van der Waals surface area contributed by atoms with Gasteiger partial charge in [-0.25, -0.2) is 0 Å². The number of hydrazone groups is 1. The molecule has 23 heavy (non-hydrogen) atoms. The minimum absolute atomic E-state index is 0.0423. The van der Waals surface area contributed by atoms with Crippen molar-refractivity contribution in [3.8, 4) is 0 Å². The summed E-state index contributed by atoms with van der Waals surface area (Å²) in [4.78, 5) is 12.2. The van der Waals surface area contributed by atoms with E-state index < -0.39 is 4.92 Å². The standard InChI is InChI=1S/C15H16N4O4/c20-19(21)13-3-1-12(2-4-13)17-16-11-14-5-6-15(23-14)18-7-9-22-10-8-18/h1-6,11,17H,7-10H2/b16-11+. The molecule has 1 aromatic heterocycles. The third-order valence-electron chi connectivity index (χ3n) is 3.40. The first kappa shape index (κ1) is 15.0. The molecule has 8 nitrogen and oxygen atoms in total. The van der Waals surface area contributed by atoms with Gasteiger partial charge in [-0.15, -0.1) is 0 Å². The maximum Gasteiger partial charge on any atom is 0.269 e. The number of nitrogens with one attached hydrogen (secondary N) is 1. The molecule has 1 N–H and O–H groups in total. The predicted molar refractivity (Wildman–Crippen MR) is 86.1 cm³/mol. The minimum Gasteiger partial charge on any atom is -0.440 e. The zero-order valence-corrected chi connectivity index (χ0v) is 12.3. The highest BCUT2D eigenvalue weighted by atomic mass is 16.6. The molecule has 0 amide bonds. The second-order valence-corrected chi connectivity index (χ2v) is 4.95. The van der Waals surface area contributed by atoms with Gasteiger partial charge in [-0.05, 0) is 18.2 Å². The number of ether oxygens (including phenoxy) is 1. The number of morpholine rings is 1. The normalized spacial score (nSPS) is 15.0. The molecule has 3 rings (SSSR count). The Morgan fingerprint density at radius 2 is 1.91 bits per heavy atom. The van der Waals surface area contributed by atoms with E-state index in [1.165, 1.54) is 12.1 Å². The van der Waals surface area contributed by atoms with Crippen LogP contribution in [-0.4, -0.2) is 37.4 Å². The second-order valence-electron chi connectivity index (χ2n) is 4.95. The van der Waals surface area contributed by atoms with Crippen molar-refractivity contribution < 1.29 is 14.1 Å². The van der Waals surface area contributed by atoms with Crippen LogP contribution in [0.4, 0.5) is 17.3 Å². The van der Waals surface area contributed by atoms with Gasteiger partial charge < -0.3 is 14.1 Å². The average molecular weight is 316 g/mol.